The van der Waals surface area contributed by atoms with E-state index in [0.29, 0.717) is 6.54 Å². The molecule has 0 radical (unpaired) electrons. The Labute approximate surface area is 139 Å². The number of hydrogen-bond donors (Lipinski definition) is 2. The lowest BCUT2D eigenvalue weighted by Gasteiger charge is -2.31. The zero-order chi connectivity index (χ0) is 16.3. The maximum atomic E-state index is 12.6. The number of carbonyl (C=O) groups excluding carboxylic acids is 1. The van der Waals surface area contributed by atoms with E-state index in [9.17, 15) is 18.0 Å². The highest BCUT2D eigenvalue weighted by molar-refractivity contribution is 5.95. The number of pyridine rings is 1. The lowest BCUT2D eigenvalue weighted by Crippen LogP contribution is -2.45. The molecule has 1 aliphatic rings. The van der Waals surface area contributed by atoms with Crippen molar-refractivity contribution in [1.82, 2.24) is 10.3 Å². The number of aryl methyl sites for hydroxylation is 1. The van der Waals surface area contributed by atoms with Crippen molar-refractivity contribution in [1.29, 1.82) is 0 Å². The smallest absolute Gasteiger partial charge is 0.349 e. The predicted octanol–water partition coefficient (Wildman–Crippen LogP) is 3.08. The van der Waals surface area contributed by atoms with Gasteiger partial charge in [-0.1, -0.05) is 12.8 Å². The van der Waals surface area contributed by atoms with Gasteiger partial charge in [0.2, 0.25) is 0 Å². The SMILES string of the molecule is Cc1nc(C(F)(F)F)ccc1C(=O)NC1CCCCC1CN.Cl. The Kier molecular flexibility index (Phi) is 6.83. The van der Waals surface area contributed by atoms with Crippen LogP contribution in [0.15, 0.2) is 12.1 Å². The van der Waals surface area contributed by atoms with Gasteiger partial charge in [-0.2, -0.15) is 13.2 Å². The van der Waals surface area contributed by atoms with E-state index >= 15 is 0 Å². The molecule has 23 heavy (non-hydrogen) atoms. The van der Waals surface area contributed by atoms with Crippen LogP contribution >= 0.6 is 12.4 Å². The van der Waals surface area contributed by atoms with E-state index in [0.717, 1.165) is 31.7 Å². The zero-order valence-electron chi connectivity index (χ0n) is 12.8. The number of nitrogens with zero attached hydrogens (tertiary/aromatic N) is 1. The van der Waals surface area contributed by atoms with Crippen molar-refractivity contribution in [2.24, 2.45) is 11.7 Å². The molecule has 2 rings (SSSR count). The molecule has 0 aliphatic heterocycles. The summed E-state index contributed by atoms with van der Waals surface area (Å²) in [6, 6.07) is 2.00. The molecule has 1 heterocycles. The van der Waals surface area contributed by atoms with Gasteiger partial charge in [0.1, 0.15) is 5.69 Å². The molecule has 0 aromatic carbocycles. The Morgan fingerprint density at radius 3 is 2.57 bits per heavy atom. The summed E-state index contributed by atoms with van der Waals surface area (Å²) < 4.78 is 37.8. The second kappa shape index (κ2) is 7.97. The Morgan fingerprint density at radius 1 is 1.35 bits per heavy atom. The average Bonchev–Trinajstić information content (AvgIpc) is 2.46. The Bertz CT molecular complexity index is 551. The molecular weight excluding hydrogens is 331 g/mol. The first-order valence-electron chi connectivity index (χ1n) is 7.38. The van der Waals surface area contributed by atoms with Crippen molar-refractivity contribution in [3.05, 3.63) is 29.1 Å². The van der Waals surface area contributed by atoms with Crippen molar-refractivity contribution in [3.63, 3.8) is 0 Å². The molecular formula is C15H21ClF3N3O. The zero-order valence-corrected chi connectivity index (χ0v) is 13.6. The monoisotopic (exact) mass is 351 g/mol. The summed E-state index contributed by atoms with van der Waals surface area (Å²) in [5.74, 6) is -0.163. The highest BCUT2D eigenvalue weighted by atomic mass is 35.5. The van der Waals surface area contributed by atoms with Crippen LogP contribution in [0.1, 0.15) is 47.4 Å². The number of carbonyl (C=O) groups is 1. The van der Waals surface area contributed by atoms with E-state index in [4.69, 9.17) is 5.73 Å². The van der Waals surface area contributed by atoms with Crippen molar-refractivity contribution >= 4 is 18.3 Å². The second-order valence-electron chi connectivity index (χ2n) is 5.69. The van der Waals surface area contributed by atoms with Crippen LogP contribution in [0, 0.1) is 12.8 Å². The van der Waals surface area contributed by atoms with Crippen LogP contribution in [0.2, 0.25) is 0 Å². The van der Waals surface area contributed by atoms with Gasteiger partial charge in [0, 0.05) is 6.04 Å². The maximum absolute atomic E-state index is 12.6. The summed E-state index contributed by atoms with van der Waals surface area (Å²) in [7, 11) is 0. The van der Waals surface area contributed by atoms with E-state index < -0.39 is 11.9 Å². The molecule has 1 aliphatic carbocycles. The summed E-state index contributed by atoms with van der Waals surface area (Å²) in [5.41, 5.74) is 4.98. The third-order valence-electron chi connectivity index (χ3n) is 4.15. The van der Waals surface area contributed by atoms with Gasteiger partial charge in [-0.05, 0) is 44.4 Å². The Balaban J connectivity index is 0.00000264. The Hall–Kier alpha value is -1.34. The minimum absolute atomic E-state index is 0. The molecule has 2 unspecified atom stereocenters. The molecule has 3 N–H and O–H groups in total. The number of amides is 1. The Morgan fingerprint density at radius 2 is 2.00 bits per heavy atom. The lowest BCUT2D eigenvalue weighted by atomic mass is 9.84. The van der Waals surface area contributed by atoms with Gasteiger partial charge in [0.25, 0.3) is 5.91 Å². The number of alkyl halides is 3. The molecule has 1 aromatic rings. The first-order valence-corrected chi connectivity index (χ1v) is 7.38. The highest BCUT2D eigenvalue weighted by Crippen LogP contribution is 2.28. The molecule has 0 bridgehead atoms. The third-order valence-corrected chi connectivity index (χ3v) is 4.15. The lowest BCUT2D eigenvalue weighted by molar-refractivity contribution is -0.141. The second-order valence-corrected chi connectivity index (χ2v) is 5.69. The molecule has 4 nitrogen and oxygen atoms in total. The molecule has 8 heteroatoms. The number of halogens is 4. The van der Waals surface area contributed by atoms with Crippen molar-refractivity contribution < 1.29 is 18.0 Å². The van der Waals surface area contributed by atoms with Gasteiger partial charge in [0.05, 0.1) is 11.3 Å². The maximum Gasteiger partial charge on any atom is 0.433 e. The molecule has 2 atom stereocenters. The van der Waals surface area contributed by atoms with Gasteiger partial charge < -0.3 is 11.1 Å². The van der Waals surface area contributed by atoms with Crippen LogP contribution in [-0.4, -0.2) is 23.5 Å². The number of nitrogens with two attached hydrogens (primary N) is 1. The van der Waals surface area contributed by atoms with Crippen LogP contribution in [-0.2, 0) is 6.18 Å². The fourth-order valence-corrected chi connectivity index (χ4v) is 2.88. The normalized spacial score (nSPS) is 21.4. The van der Waals surface area contributed by atoms with E-state index in [-0.39, 0.29) is 41.5 Å². The van der Waals surface area contributed by atoms with Crippen LogP contribution in [0.4, 0.5) is 13.2 Å². The molecule has 1 fully saturated rings. The topological polar surface area (TPSA) is 68.0 Å². The average molecular weight is 352 g/mol. The predicted molar refractivity (Wildman–Crippen MR) is 83.5 cm³/mol. The van der Waals surface area contributed by atoms with Gasteiger partial charge in [-0.15, -0.1) is 12.4 Å². The molecule has 0 saturated heterocycles. The van der Waals surface area contributed by atoms with E-state index in [2.05, 4.69) is 10.3 Å². The van der Waals surface area contributed by atoms with Crippen LogP contribution in [0.3, 0.4) is 0 Å². The van der Waals surface area contributed by atoms with Gasteiger partial charge >= 0.3 is 6.18 Å². The fourth-order valence-electron chi connectivity index (χ4n) is 2.88. The summed E-state index contributed by atoms with van der Waals surface area (Å²) in [6.45, 7) is 1.90. The van der Waals surface area contributed by atoms with E-state index in [1.165, 1.54) is 13.0 Å². The third kappa shape index (κ3) is 4.81. The fraction of sp³-hybridized carbons (Fsp3) is 0.600. The molecule has 1 amide bonds. The van der Waals surface area contributed by atoms with Crippen molar-refractivity contribution in [3.8, 4) is 0 Å². The number of rotatable bonds is 3. The van der Waals surface area contributed by atoms with Gasteiger partial charge in [-0.25, -0.2) is 4.98 Å². The highest BCUT2D eigenvalue weighted by Gasteiger charge is 2.33. The molecule has 1 saturated carbocycles. The number of nitrogens with one attached hydrogen (secondary N) is 1. The van der Waals surface area contributed by atoms with Gasteiger partial charge in [0.15, 0.2) is 0 Å². The van der Waals surface area contributed by atoms with Crippen LogP contribution in [0.25, 0.3) is 0 Å². The summed E-state index contributed by atoms with van der Waals surface area (Å²) >= 11 is 0. The number of hydrogen-bond acceptors (Lipinski definition) is 3. The summed E-state index contributed by atoms with van der Waals surface area (Å²) in [6.07, 6.45) is -0.582. The molecule has 130 valence electrons. The van der Waals surface area contributed by atoms with E-state index in [1.807, 2.05) is 0 Å². The first-order chi connectivity index (χ1) is 10.3. The van der Waals surface area contributed by atoms with E-state index in [1.54, 1.807) is 0 Å². The van der Waals surface area contributed by atoms with Crippen molar-refractivity contribution in [2.75, 3.05) is 6.54 Å². The summed E-state index contributed by atoms with van der Waals surface area (Å²) in [4.78, 5) is 15.8. The number of aromatic nitrogens is 1. The quantitative estimate of drug-likeness (QED) is 0.879. The van der Waals surface area contributed by atoms with Crippen LogP contribution < -0.4 is 11.1 Å². The molecule has 1 aromatic heterocycles. The standard InChI is InChI=1S/C15H20F3N3O.ClH/c1-9-11(6-7-13(20-9)15(16,17)18)14(22)21-12-5-3-2-4-10(12)8-19;/h6-7,10,12H,2-5,8,19H2,1H3,(H,21,22);1H. The minimum atomic E-state index is -4.51. The summed E-state index contributed by atoms with van der Waals surface area (Å²) in [5, 5.41) is 2.90. The largest absolute Gasteiger partial charge is 0.433 e. The minimum Gasteiger partial charge on any atom is -0.349 e. The first kappa shape index (κ1) is 19.7. The molecule has 0 spiro atoms. The van der Waals surface area contributed by atoms with Gasteiger partial charge in [-0.3, -0.25) is 4.79 Å². The van der Waals surface area contributed by atoms with Crippen LogP contribution in [0.5, 0.6) is 0 Å². The van der Waals surface area contributed by atoms with Crippen molar-refractivity contribution in [2.45, 2.75) is 44.8 Å².